The van der Waals surface area contributed by atoms with Crippen LogP contribution in [-0.4, -0.2) is 6.36 Å². The van der Waals surface area contributed by atoms with E-state index in [-0.39, 0.29) is 5.92 Å². The minimum atomic E-state index is -5.71. The second-order valence-corrected chi connectivity index (χ2v) is 11.3. The molecule has 0 amide bonds. The zero-order chi connectivity index (χ0) is 32.4. The highest BCUT2D eigenvalue weighted by Gasteiger charge is 2.47. The van der Waals surface area contributed by atoms with Gasteiger partial charge in [0, 0.05) is 6.07 Å². The average Bonchev–Trinajstić information content (AvgIpc) is 2.98. The fourth-order valence-electron chi connectivity index (χ4n) is 5.93. The molecule has 1 aliphatic rings. The number of hydrogen-bond acceptors (Lipinski definition) is 2. The Morgan fingerprint density at radius 3 is 1.96 bits per heavy atom. The molecule has 1 aliphatic carbocycles. The van der Waals surface area contributed by atoms with Crippen molar-refractivity contribution in [2.75, 3.05) is 0 Å². The minimum absolute atomic E-state index is 0.0460. The molecule has 0 aliphatic heterocycles. The van der Waals surface area contributed by atoms with E-state index in [0.29, 0.717) is 23.6 Å². The molecule has 0 bridgehead atoms. The molecule has 1 saturated carbocycles. The maximum atomic E-state index is 15.0. The molecule has 0 aromatic heterocycles. The number of alkyl halides is 5. The number of rotatable bonds is 10. The van der Waals surface area contributed by atoms with Gasteiger partial charge in [-0.3, -0.25) is 0 Å². The van der Waals surface area contributed by atoms with E-state index in [1.54, 1.807) is 0 Å². The first-order chi connectivity index (χ1) is 21.3. The maximum Gasteiger partial charge on any atom is 0.527 e. The van der Waals surface area contributed by atoms with E-state index in [1.165, 1.54) is 34.0 Å². The number of benzene rings is 4. The molecule has 238 valence electrons. The van der Waals surface area contributed by atoms with Crippen molar-refractivity contribution in [3.63, 3.8) is 0 Å². The van der Waals surface area contributed by atoms with Crippen molar-refractivity contribution in [1.82, 2.24) is 0 Å². The second kappa shape index (κ2) is 13.2. The molecule has 0 spiro atoms. The predicted molar refractivity (Wildman–Crippen MR) is 155 cm³/mol. The lowest BCUT2D eigenvalue weighted by Crippen LogP contribution is -2.28. The van der Waals surface area contributed by atoms with Gasteiger partial charge in [-0.15, -0.1) is 19.8 Å². The summed E-state index contributed by atoms with van der Waals surface area (Å²) in [6.45, 7) is 3.08. The molecular formula is C35H30F8O2. The van der Waals surface area contributed by atoms with Crippen LogP contribution in [0.3, 0.4) is 0 Å². The zero-order valence-corrected chi connectivity index (χ0v) is 24.1. The van der Waals surface area contributed by atoms with Crippen molar-refractivity contribution in [1.29, 1.82) is 0 Å². The van der Waals surface area contributed by atoms with E-state index in [0.717, 1.165) is 44.6 Å². The summed E-state index contributed by atoms with van der Waals surface area (Å²) in [5, 5.41) is 2.36. The van der Waals surface area contributed by atoms with E-state index in [1.807, 2.05) is 6.08 Å². The second-order valence-electron chi connectivity index (χ2n) is 11.3. The molecule has 0 radical (unpaired) electrons. The molecule has 0 heterocycles. The lowest BCUT2D eigenvalue weighted by atomic mass is 9.76. The van der Waals surface area contributed by atoms with Gasteiger partial charge >= 0.3 is 12.5 Å². The van der Waals surface area contributed by atoms with E-state index in [9.17, 15) is 35.1 Å². The van der Waals surface area contributed by atoms with Gasteiger partial charge in [-0.05, 0) is 102 Å². The summed E-state index contributed by atoms with van der Waals surface area (Å²) in [5.41, 5.74) is 0.899. The van der Waals surface area contributed by atoms with Crippen molar-refractivity contribution < 1.29 is 44.6 Å². The number of allylic oxidation sites excluding steroid dienone is 1. The standard InChI is InChI=1S/C35H30F8O2/c1-2-3-4-21-5-6-26-16-25(12-11-24(26)15-21)22-7-9-23(10-8-22)27-17-31(36)29(32(37)18-27)20-44-28-13-14-30(33(38)19-28)34(39,40)45-35(41,42)43/h2,5-6,11-19,22-23H,1,3-4,7-10,20H2. The highest BCUT2D eigenvalue weighted by Crippen LogP contribution is 2.42. The molecule has 1 fully saturated rings. The van der Waals surface area contributed by atoms with Crippen LogP contribution in [0.2, 0.25) is 0 Å². The summed E-state index contributed by atoms with van der Waals surface area (Å²) in [5.74, 6) is -3.63. The maximum absolute atomic E-state index is 15.0. The first kappa shape index (κ1) is 32.5. The predicted octanol–water partition coefficient (Wildman–Crippen LogP) is 11.0. The quantitative estimate of drug-likeness (QED) is 0.128. The number of fused-ring (bicyclic) bond motifs is 1. The average molecular weight is 635 g/mol. The highest BCUT2D eigenvalue weighted by atomic mass is 19.4. The fourth-order valence-corrected chi connectivity index (χ4v) is 5.93. The zero-order valence-electron chi connectivity index (χ0n) is 24.1. The Balaban J connectivity index is 1.20. The third kappa shape index (κ3) is 7.84. The van der Waals surface area contributed by atoms with E-state index in [2.05, 4.69) is 47.7 Å². The molecule has 4 aromatic carbocycles. The van der Waals surface area contributed by atoms with Gasteiger partial charge in [0.15, 0.2) is 0 Å². The number of aryl methyl sites for hydroxylation is 1. The first-order valence-corrected chi connectivity index (χ1v) is 14.5. The Morgan fingerprint density at radius 1 is 0.711 bits per heavy atom. The van der Waals surface area contributed by atoms with E-state index in [4.69, 9.17) is 4.74 Å². The largest absolute Gasteiger partial charge is 0.527 e. The Kier molecular flexibility index (Phi) is 9.53. The normalized spacial score (nSPS) is 17.4. The van der Waals surface area contributed by atoms with Crippen molar-refractivity contribution in [3.8, 4) is 5.75 Å². The number of ether oxygens (including phenoxy) is 2. The van der Waals surface area contributed by atoms with E-state index >= 15 is 0 Å². The van der Waals surface area contributed by atoms with Gasteiger partial charge in [0.25, 0.3) is 0 Å². The Hall–Kier alpha value is -3.92. The molecule has 0 unspecified atom stereocenters. The van der Waals surface area contributed by atoms with Gasteiger partial charge in [0.05, 0.1) is 11.1 Å². The number of halogens is 8. The molecule has 0 atom stereocenters. The third-order valence-electron chi connectivity index (χ3n) is 8.28. The Morgan fingerprint density at radius 2 is 1.33 bits per heavy atom. The first-order valence-electron chi connectivity index (χ1n) is 14.5. The smallest absolute Gasteiger partial charge is 0.489 e. The summed E-state index contributed by atoms with van der Waals surface area (Å²) < 4.78 is 116. The van der Waals surface area contributed by atoms with Gasteiger partial charge in [-0.1, -0.05) is 42.5 Å². The molecule has 45 heavy (non-hydrogen) atoms. The van der Waals surface area contributed by atoms with Crippen LogP contribution in [0, 0.1) is 17.5 Å². The summed E-state index contributed by atoms with van der Waals surface area (Å²) in [4.78, 5) is 0. The summed E-state index contributed by atoms with van der Waals surface area (Å²) in [7, 11) is 0. The van der Waals surface area contributed by atoms with Crippen LogP contribution in [0.5, 0.6) is 5.75 Å². The topological polar surface area (TPSA) is 18.5 Å². The minimum Gasteiger partial charge on any atom is -0.489 e. The van der Waals surface area contributed by atoms with Crippen LogP contribution in [0.15, 0.2) is 79.4 Å². The fraction of sp³-hybridized carbons (Fsp3) is 0.314. The van der Waals surface area contributed by atoms with Gasteiger partial charge in [-0.25, -0.2) is 17.9 Å². The van der Waals surface area contributed by atoms with Crippen LogP contribution in [0.25, 0.3) is 10.8 Å². The van der Waals surface area contributed by atoms with Crippen LogP contribution in [0.1, 0.15) is 71.8 Å². The van der Waals surface area contributed by atoms with Crippen LogP contribution >= 0.6 is 0 Å². The van der Waals surface area contributed by atoms with Gasteiger partial charge in [-0.2, -0.15) is 8.78 Å². The van der Waals surface area contributed by atoms with Crippen molar-refractivity contribution >= 4 is 10.8 Å². The van der Waals surface area contributed by atoms with E-state index < -0.39 is 53.4 Å². The van der Waals surface area contributed by atoms with Gasteiger partial charge in [0.1, 0.15) is 29.8 Å². The lowest BCUT2D eigenvalue weighted by molar-refractivity contribution is -0.432. The van der Waals surface area contributed by atoms with Crippen molar-refractivity contribution in [2.24, 2.45) is 0 Å². The molecule has 0 N–H and O–H groups in total. The lowest BCUT2D eigenvalue weighted by Gasteiger charge is -2.29. The molecular weight excluding hydrogens is 604 g/mol. The highest BCUT2D eigenvalue weighted by molar-refractivity contribution is 5.84. The molecule has 10 heteroatoms. The third-order valence-corrected chi connectivity index (χ3v) is 8.28. The monoisotopic (exact) mass is 634 g/mol. The van der Waals surface area contributed by atoms with Crippen molar-refractivity contribution in [3.05, 3.63) is 125 Å². The van der Waals surface area contributed by atoms with Crippen LogP contribution < -0.4 is 4.74 Å². The molecule has 4 aromatic rings. The van der Waals surface area contributed by atoms with Gasteiger partial charge in [0.2, 0.25) is 0 Å². The molecule has 0 saturated heterocycles. The van der Waals surface area contributed by atoms with Crippen molar-refractivity contribution in [2.45, 2.75) is 69.4 Å². The Labute approximate surface area is 255 Å². The van der Waals surface area contributed by atoms with Crippen LogP contribution in [0.4, 0.5) is 35.1 Å². The number of hydrogen-bond donors (Lipinski definition) is 0. The molecule has 2 nitrogen and oxygen atoms in total. The molecule has 5 rings (SSSR count). The Bertz CT molecular complexity index is 1650. The SMILES string of the molecule is C=CCCc1ccc2cc(C3CCC(c4cc(F)c(COc5ccc(C(F)(F)OC(F)(F)F)c(F)c5)c(F)c4)CC3)ccc2c1. The summed E-state index contributed by atoms with van der Waals surface area (Å²) in [6.07, 6.45) is -3.72. The summed E-state index contributed by atoms with van der Waals surface area (Å²) >= 11 is 0. The summed E-state index contributed by atoms with van der Waals surface area (Å²) in [6, 6.07) is 17.0. The van der Waals surface area contributed by atoms with Crippen LogP contribution in [-0.2, 0) is 23.9 Å². The van der Waals surface area contributed by atoms with Gasteiger partial charge < -0.3 is 4.74 Å².